The van der Waals surface area contributed by atoms with Crippen LogP contribution in [0.1, 0.15) is 33.6 Å². The highest BCUT2D eigenvalue weighted by atomic mass is 16.4. The van der Waals surface area contributed by atoms with Crippen LogP contribution in [0.4, 0.5) is 0 Å². The Morgan fingerprint density at radius 3 is 2.27 bits per heavy atom. The predicted octanol–water partition coefficient (Wildman–Crippen LogP) is 1.74. The van der Waals surface area contributed by atoms with E-state index >= 15 is 0 Å². The third-order valence-electron chi connectivity index (χ3n) is 2.93. The lowest BCUT2D eigenvalue weighted by atomic mass is 10.0. The molecule has 15 heavy (non-hydrogen) atoms. The van der Waals surface area contributed by atoms with Gasteiger partial charge in [0.15, 0.2) is 0 Å². The second-order valence-electron chi connectivity index (χ2n) is 4.33. The summed E-state index contributed by atoms with van der Waals surface area (Å²) in [7, 11) is 2.08. The monoisotopic (exact) mass is 215 g/mol. The molecule has 0 spiro atoms. The quantitative estimate of drug-likeness (QED) is 0.294. The van der Waals surface area contributed by atoms with Crippen molar-refractivity contribution in [2.45, 2.75) is 33.6 Å². The summed E-state index contributed by atoms with van der Waals surface area (Å²) in [5.74, 6) is 1.16. The van der Waals surface area contributed by atoms with Crippen molar-refractivity contribution in [1.82, 2.24) is 4.90 Å². The molecule has 0 aliphatic heterocycles. The van der Waals surface area contributed by atoms with Crippen molar-refractivity contribution in [3.8, 4) is 0 Å². The minimum Gasteiger partial charge on any atom is -0.409 e. The molecule has 1 atom stereocenters. The molecule has 1 unspecified atom stereocenters. The third kappa shape index (κ3) is 5.62. The van der Waals surface area contributed by atoms with E-state index in [2.05, 4.69) is 31.0 Å². The fourth-order valence-electron chi connectivity index (χ4n) is 1.72. The Balaban J connectivity index is 3.97. The topological polar surface area (TPSA) is 61.8 Å². The fraction of sp³-hybridized carbons (Fsp3) is 0.909. The number of rotatable bonds is 7. The molecule has 0 aromatic carbocycles. The number of hydrogen-bond acceptors (Lipinski definition) is 3. The van der Waals surface area contributed by atoms with E-state index in [1.165, 1.54) is 12.8 Å². The van der Waals surface area contributed by atoms with Gasteiger partial charge in [-0.15, -0.1) is 0 Å². The van der Waals surface area contributed by atoms with E-state index in [4.69, 9.17) is 10.9 Å². The van der Waals surface area contributed by atoms with Crippen molar-refractivity contribution >= 4 is 5.84 Å². The molecule has 4 heteroatoms. The SMILES string of the molecule is CCC(CC)CN(C)CC(C)C(N)=NO. The Morgan fingerprint density at radius 2 is 1.87 bits per heavy atom. The van der Waals surface area contributed by atoms with Gasteiger partial charge in [-0.05, 0) is 13.0 Å². The molecule has 0 bridgehead atoms. The van der Waals surface area contributed by atoms with Gasteiger partial charge in [-0.2, -0.15) is 0 Å². The molecule has 0 saturated heterocycles. The molecule has 0 aliphatic rings. The van der Waals surface area contributed by atoms with E-state index in [0.29, 0.717) is 5.84 Å². The molecule has 0 aromatic heterocycles. The van der Waals surface area contributed by atoms with E-state index in [1.54, 1.807) is 0 Å². The van der Waals surface area contributed by atoms with Crippen LogP contribution in [-0.4, -0.2) is 36.1 Å². The molecule has 0 heterocycles. The highest BCUT2D eigenvalue weighted by Gasteiger charge is 2.13. The van der Waals surface area contributed by atoms with Crippen LogP contribution in [0.2, 0.25) is 0 Å². The summed E-state index contributed by atoms with van der Waals surface area (Å²) >= 11 is 0. The van der Waals surface area contributed by atoms with Gasteiger partial charge in [0, 0.05) is 19.0 Å². The van der Waals surface area contributed by atoms with Gasteiger partial charge >= 0.3 is 0 Å². The predicted molar refractivity (Wildman–Crippen MR) is 64.1 cm³/mol. The van der Waals surface area contributed by atoms with E-state index in [0.717, 1.165) is 19.0 Å². The van der Waals surface area contributed by atoms with Gasteiger partial charge in [0.2, 0.25) is 0 Å². The Bertz CT molecular complexity index is 190. The first-order valence-corrected chi connectivity index (χ1v) is 5.71. The van der Waals surface area contributed by atoms with Gasteiger partial charge in [-0.1, -0.05) is 38.8 Å². The van der Waals surface area contributed by atoms with Crippen molar-refractivity contribution < 1.29 is 5.21 Å². The van der Waals surface area contributed by atoms with Gasteiger partial charge < -0.3 is 15.8 Å². The van der Waals surface area contributed by atoms with Crippen LogP contribution in [0.25, 0.3) is 0 Å². The van der Waals surface area contributed by atoms with Gasteiger partial charge in [0.25, 0.3) is 0 Å². The molecular formula is C11H25N3O. The maximum Gasteiger partial charge on any atom is 0.143 e. The first-order chi connectivity index (χ1) is 7.04. The molecular weight excluding hydrogens is 190 g/mol. The van der Waals surface area contributed by atoms with Crippen LogP contribution >= 0.6 is 0 Å². The molecule has 0 aliphatic carbocycles. The van der Waals surface area contributed by atoms with Crippen LogP contribution in [0.3, 0.4) is 0 Å². The molecule has 90 valence electrons. The third-order valence-corrected chi connectivity index (χ3v) is 2.93. The zero-order valence-electron chi connectivity index (χ0n) is 10.4. The summed E-state index contributed by atoms with van der Waals surface area (Å²) in [5.41, 5.74) is 5.53. The first-order valence-electron chi connectivity index (χ1n) is 5.71. The Kier molecular flexibility index (Phi) is 7.13. The Labute approximate surface area is 93.1 Å². The summed E-state index contributed by atoms with van der Waals surface area (Å²) in [5, 5.41) is 11.6. The van der Waals surface area contributed by atoms with Crippen molar-refractivity contribution in [1.29, 1.82) is 0 Å². The zero-order chi connectivity index (χ0) is 11.8. The maximum atomic E-state index is 8.54. The Hall–Kier alpha value is -0.770. The van der Waals surface area contributed by atoms with E-state index in [-0.39, 0.29) is 5.92 Å². The Morgan fingerprint density at radius 1 is 1.33 bits per heavy atom. The highest BCUT2D eigenvalue weighted by molar-refractivity contribution is 5.82. The normalized spacial score (nSPS) is 14.9. The van der Waals surface area contributed by atoms with E-state index in [1.807, 2.05) is 6.92 Å². The molecule has 0 saturated carbocycles. The summed E-state index contributed by atoms with van der Waals surface area (Å²) < 4.78 is 0. The summed E-state index contributed by atoms with van der Waals surface area (Å²) in [6, 6.07) is 0. The smallest absolute Gasteiger partial charge is 0.143 e. The average Bonchev–Trinajstić information content (AvgIpc) is 2.24. The van der Waals surface area contributed by atoms with Gasteiger partial charge in [0.1, 0.15) is 5.84 Å². The largest absolute Gasteiger partial charge is 0.409 e. The number of hydrogen-bond donors (Lipinski definition) is 2. The molecule has 0 fully saturated rings. The van der Waals surface area contributed by atoms with Crippen LogP contribution in [0.15, 0.2) is 5.16 Å². The van der Waals surface area contributed by atoms with Crippen molar-refractivity contribution in [3.63, 3.8) is 0 Å². The second-order valence-corrected chi connectivity index (χ2v) is 4.33. The fourth-order valence-corrected chi connectivity index (χ4v) is 1.72. The lowest BCUT2D eigenvalue weighted by Gasteiger charge is -2.24. The van der Waals surface area contributed by atoms with Gasteiger partial charge in [-0.25, -0.2) is 0 Å². The van der Waals surface area contributed by atoms with Crippen LogP contribution in [0.5, 0.6) is 0 Å². The van der Waals surface area contributed by atoms with Crippen molar-refractivity contribution in [2.75, 3.05) is 20.1 Å². The van der Waals surface area contributed by atoms with Crippen molar-refractivity contribution in [2.24, 2.45) is 22.7 Å². The van der Waals surface area contributed by atoms with Gasteiger partial charge in [0.05, 0.1) is 0 Å². The first kappa shape index (κ1) is 14.2. The average molecular weight is 215 g/mol. The standard InChI is InChI=1S/C11H25N3O/c1-5-10(6-2)8-14(4)7-9(3)11(12)13-15/h9-10,15H,5-8H2,1-4H3,(H2,12,13). The van der Waals surface area contributed by atoms with E-state index in [9.17, 15) is 0 Å². The van der Waals surface area contributed by atoms with Crippen LogP contribution < -0.4 is 5.73 Å². The highest BCUT2D eigenvalue weighted by Crippen LogP contribution is 2.10. The summed E-state index contributed by atoms with van der Waals surface area (Å²) in [4.78, 5) is 2.25. The number of nitrogens with zero attached hydrogens (tertiary/aromatic N) is 2. The molecule has 3 N–H and O–H groups in total. The lowest BCUT2D eigenvalue weighted by molar-refractivity contribution is 0.250. The molecule has 4 nitrogen and oxygen atoms in total. The molecule has 0 aromatic rings. The number of nitrogens with two attached hydrogens (primary N) is 1. The maximum absolute atomic E-state index is 8.54. The molecule has 0 radical (unpaired) electrons. The number of oxime groups is 1. The molecule has 0 rings (SSSR count). The van der Waals surface area contributed by atoms with Crippen molar-refractivity contribution in [3.05, 3.63) is 0 Å². The van der Waals surface area contributed by atoms with E-state index < -0.39 is 0 Å². The van der Waals surface area contributed by atoms with Crippen LogP contribution in [-0.2, 0) is 0 Å². The minimum atomic E-state index is 0.106. The zero-order valence-corrected chi connectivity index (χ0v) is 10.4. The lowest BCUT2D eigenvalue weighted by Crippen LogP contribution is -2.35. The van der Waals surface area contributed by atoms with Crippen LogP contribution in [0, 0.1) is 11.8 Å². The summed E-state index contributed by atoms with van der Waals surface area (Å²) in [6.07, 6.45) is 2.41. The minimum absolute atomic E-state index is 0.106. The van der Waals surface area contributed by atoms with Gasteiger partial charge in [-0.3, -0.25) is 0 Å². The molecule has 0 amide bonds. The summed E-state index contributed by atoms with van der Waals surface area (Å²) in [6.45, 7) is 8.32. The number of amidine groups is 1. The second kappa shape index (κ2) is 7.51.